The minimum Gasteiger partial charge on any atom is -0.385 e. The maximum absolute atomic E-state index is 10.0. The zero-order valence-electron chi connectivity index (χ0n) is 4.13. The average Bonchev–Trinajstić information content (AvgIpc) is 1.65. The average molecular weight is 117 g/mol. The topological polar surface area (TPSA) is 104 Å². The summed E-state index contributed by atoms with van der Waals surface area (Å²) >= 11 is 0. The van der Waals surface area contributed by atoms with Crippen molar-refractivity contribution in [2.24, 2.45) is 17.4 Å². The predicted octanol–water partition coefficient (Wildman–Crippen LogP) is -1.84. The van der Waals surface area contributed by atoms with Crippen LogP contribution in [-0.2, 0) is 9.63 Å². The Kier molecular flexibility index (Phi) is 2.42. The number of rotatable bonds is 1. The summed E-state index contributed by atoms with van der Waals surface area (Å²) in [5.41, 5.74) is 9.70. The first-order valence-electron chi connectivity index (χ1n) is 1.80. The van der Waals surface area contributed by atoms with E-state index in [-0.39, 0.29) is 5.82 Å². The van der Waals surface area contributed by atoms with Crippen LogP contribution in [0.4, 0.5) is 0 Å². The van der Waals surface area contributed by atoms with E-state index in [0.29, 0.717) is 0 Å². The van der Waals surface area contributed by atoms with Crippen molar-refractivity contribution in [2.45, 2.75) is 0 Å². The number of carbonyl (C=O) groups is 1. The highest BCUT2D eigenvalue weighted by molar-refractivity contribution is 5.82. The summed E-state index contributed by atoms with van der Waals surface area (Å²) in [6, 6.07) is 0. The van der Waals surface area contributed by atoms with Gasteiger partial charge in [0.2, 0.25) is 0 Å². The Morgan fingerprint density at radius 1 is 1.50 bits per heavy atom. The molecule has 0 rings (SSSR count). The second-order valence-corrected chi connectivity index (χ2v) is 1.08. The molecule has 5 heteroatoms. The third-order valence-corrected chi connectivity index (χ3v) is 0.401. The molecule has 5 nitrogen and oxygen atoms in total. The van der Waals surface area contributed by atoms with Crippen molar-refractivity contribution < 1.29 is 9.63 Å². The van der Waals surface area contributed by atoms with Gasteiger partial charge in [0, 0.05) is 0 Å². The number of hydrogen-bond acceptors (Lipinski definition) is 5. The van der Waals surface area contributed by atoms with E-state index in [2.05, 4.69) is 10.7 Å². The van der Waals surface area contributed by atoms with E-state index >= 15 is 0 Å². The van der Waals surface area contributed by atoms with Gasteiger partial charge in [-0.15, -0.1) is 0 Å². The highest BCUT2D eigenvalue weighted by Gasteiger charge is 1.91. The van der Waals surface area contributed by atoms with Gasteiger partial charge < -0.3 is 16.3 Å². The smallest absolute Gasteiger partial charge is 0.352 e. The largest absolute Gasteiger partial charge is 0.385 e. The highest BCUT2D eigenvalue weighted by atomic mass is 16.7. The maximum atomic E-state index is 10.0. The number of nitrogens with two attached hydrogens (primary N) is 3. The molecule has 0 fully saturated rings. The summed E-state index contributed by atoms with van der Waals surface area (Å²) in [6.45, 7) is 0. The summed E-state index contributed by atoms with van der Waals surface area (Å²) in [5, 5.41) is 0. The minimum absolute atomic E-state index is 0.125. The molecule has 8 heavy (non-hydrogen) atoms. The van der Waals surface area contributed by atoms with E-state index in [1.165, 1.54) is 0 Å². The molecule has 46 valence electrons. The zero-order chi connectivity index (χ0) is 6.57. The molecule has 0 aromatic heterocycles. The number of hydrogen-bond donors (Lipinski definition) is 3. The fourth-order valence-corrected chi connectivity index (χ4v) is 0.170. The van der Waals surface area contributed by atoms with Crippen LogP contribution in [0.3, 0.4) is 0 Å². The Morgan fingerprint density at radius 2 is 2.00 bits per heavy atom. The maximum Gasteiger partial charge on any atom is 0.352 e. The second-order valence-electron chi connectivity index (χ2n) is 1.08. The van der Waals surface area contributed by atoms with Gasteiger partial charge in [-0.05, 0) is 0 Å². The molecule has 6 N–H and O–H groups in total. The van der Waals surface area contributed by atoms with Gasteiger partial charge in [-0.2, -0.15) is 5.90 Å². The monoisotopic (exact) mass is 117 g/mol. The summed E-state index contributed by atoms with van der Waals surface area (Å²) in [6.07, 6.45) is 0.875. The van der Waals surface area contributed by atoms with Crippen molar-refractivity contribution in [1.29, 1.82) is 0 Å². The van der Waals surface area contributed by atoms with Gasteiger partial charge in [-0.3, -0.25) is 0 Å². The van der Waals surface area contributed by atoms with Crippen LogP contribution in [-0.4, -0.2) is 5.97 Å². The Labute approximate surface area is 46.0 Å². The van der Waals surface area contributed by atoms with Crippen molar-refractivity contribution in [1.82, 2.24) is 0 Å². The zero-order valence-corrected chi connectivity index (χ0v) is 4.13. The van der Waals surface area contributed by atoms with Crippen LogP contribution in [0.2, 0.25) is 0 Å². The van der Waals surface area contributed by atoms with Crippen LogP contribution in [0.1, 0.15) is 0 Å². The SMILES string of the molecule is NOC(=O)C=C(N)N. The Bertz CT molecular complexity index is 116. The van der Waals surface area contributed by atoms with Crippen molar-refractivity contribution in [3.8, 4) is 0 Å². The van der Waals surface area contributed by atoms with Crippen LogP contribution in [0.15, 0.2) is 11.9 Å². The van der Waals surface area contributed by atoms with Gasteiger partial charge in [-0.1, -0.05) is 0 Å². The molecule has 0 aromatic carbocycles. The first kappa shape index (κ1) is 6.77. The normalized spacial score (nSPS) is 7.62. The molecule has 0 unspecified atom stereocenters. The Morgan fingerprint density at radius 3 is 2.12 bits per heavy atom. The first-order chi connectivity index (χ1) is 3.66. The van der Waals surface area contributed by atoms with Gasteiger partial charge in [0.1, 0.15) is 5.82 Å². The van der Waals surface area contributed by atoms with Gasteiger partial charge >= 0.3 is 5.97 Å². The summed E-state index contributed by atoms with van der Waals surface area (Å²) in [4.78, 5) is 13.7. The number of carbonyl (C=O) groups excluding carboxylic acids is 1. The van der Waals surface area contributed by atoms with Gasteiger partial charge in [-0.25, -0.2) is 4.79 Å². The third-order valence-electron chi connectivity index (χ3n) is 0.401. The van der Waals surface area contributed by atoms with E-state index in [9.17, 15) is 4.79 Å². The molecule has 0 aliphatic rings. The van der Waals surface area contributed by atoms with E-state index < -0.39 is 5.97 Å². The van der Waals surface area contributed by atoms with Crippen molar-refractivity contribution in [2.75, 3.05) is 0 Å². The van der Waals surface area contributed by atoms with Crippen molar-refractivity contribution in [3.63, 3.8) is 0 Å². The second kappa shape index (κ2) is 2.86. The lowest BCUT2D eigenvalue weighted by Crippen LogP contribution is -2.14. The molecule has 0 bridgehead atoms. The van der Waals surface area contributed by atoms with Crippen LogP contribution in [0.5, 0.6) is 0 Å². The summed E-state index contributed by atoms with van der Waals surface area (Å²) in [5.74, 6) is 3.53. The van der Waals surface area contributed by atoms with Crippen LogP contribution in [0, 0.1) is 0 Å². The third kappa shape index (κ3) is 2.98. The quantitative estimate of drug-likeness (QED) is 0.276. The molecular weight excluding hydrogens is 110 g/mol. The fourth-order valence-electron chi connectivity index (χ4n) is 0.170. The highest BCUT2D eigenvalue weighted by Crippen LogP contribution is 1.73. The van der Waals surface area contributed by atoms with Crippen molar-refractivity contribution in [3.05, 3.63) is 11.9 Å². The fraction of sp³-hybridized carbons (Fsp3) is 0. The van der Waals surface area contributed by atoms with Crippen LogP contribution < -0.4 is 17.4 Å². The van der Waals surface area contributed by atoms with Gasteiger partial charge in [0.05, 0.1) is 6.08 Å². The van der Waals surface area contributed by atoms with Crippen LogP contribution >= 0.6 is 0 Å². The molecule has 0 aliphatic carbocycles. The van der Waals surface area contributed by atoms with Gasteiger partial charge in [0.25, 0.3) is 0 Å². The van der Waals surface area contributed by atoms with E-state index in [0.717, 1.165) is 6.08 Å². The van der Waals surface area contributed by atoms with Crippen LogP contribution in [0.25, 0.3) is 0 Å². The molecule has 0 radical (unpaired) electrons. The minimum atomic E-state index is -0.759. The molecule has 0 saturated heterocycles. The predicted molar refractivity (Wildman–Crippen MR) is 26.7 cm³/mol. The first-order valence-corrected chi connectivity index (χ1v) is 1.80. The standard InChI is InChI=1S/C3H7N3O2/c4-2(5)1-3(7)8-6/h1H,4-6H2. The van der Waals surface area contributed by atoms with E-state index in [1.54, 1.807) is 0 Å². The molecule has 0 aliphatic heterocycles. The molecule has 0 amide bonds. The molecule has 0 spiro atoms. The van der Waals surface area contributed by atoms with Crippen molar-refractivity contribution >= 4 is 5.97 Å². The Balaban J connectivity index is 3.70. The van der Waals surface area contributed by atoms with E-state index in [1.807, 2.05) is 0 Å². The lowest BCUT2D eigenvalue weighted by Gasteiger charge is -1.88. The van der Waals surface area contributed by atoms with Gasteiger partial charge in [0.15, 0.2) is 0 Å². The van der Waals surface area contributed by atoms with E-state index in [4.69, 9.17) is 11.5 Å². The molecule has 0 aromatic rings. The lowest BCUT2D eigenvalue weighted by molar-refractivity contribution is -0.138. The molecule has 0 atom stereocenters. The lowest BCUT2D eigenvalue weighted by atomic mass is 10.6. The molecule has 0 saturated carbocycles. The molecular formula is C3H7N3O2. The molecule has 0 heterocycles. The summed E-state index contributed by atoms with van der Waals surface area (Å²) in [7, 11) is 0. The Hall–Kier alpha value is -1.23. The summed E-state index contributed by atoms with van der Waals surface area (Å²) < 4.78 is 0.